The molecule has 0 saturated carbocycles. The van der Waals surface area contributed by atoms with Gasteiger partial charge in [0.2, 0.25) is 0 Å². The standard InChI is InChI=1S/C17H21NO6S/c1-2-3-11-23-13-7-9-14(10-8-13)25(21,22)16(17(19)18-20)15-6-4-5-12-24-15/h7-10,15-16,20H,4-6,11-12H2,1H3,(H,18,19). The van der Waals surface area contributed by atoms with Crippen LogP contribution in [-0.2, 0) is 19.4 Å². The Hall–Kier alpha value is -2.08. The van der Waals surface area contributed by atoms with Crippen molar-refractivity contribution < 1.29 is 27.9 Å². The second-order valence-corrected chi connectivity index (χ2v) is 7.60. The molecule has 0 aromatic heterocycles. The van der Waals surface area contributed by atoms with Crippen molar-refractivity contribution >= 4 is 15.7 Å². The summed E-state index contributed by atoms with van der Waals surface area (Å²) in [6.45, 7) is 2.29. The van der Waals surface area contributed by atoms with E-state index in [1.165, 1.54) is 29.7 Å². The molecule has 1 amide bonds. The number of rotatable bonds is 6. The van der Waals surface area contributed by atoms with Gasteiger partial charge in [0.25, 0.3) is 5.91 Å². The Labute approximate surface area is 147 Å². The predicted octanol–water partition coefficient (Wildman–Crippen LogP) is 1.31. The van der Waals surface area contributed by atoms with Gasteiger partial charge in [0, 0.05) is 6.61 Å². The first-order valence-corrected chi connectivity index (χ1v) is 9.47. The van der Waals surface area contributed by atoms with Crippen molar-refractivity contribution in [2.45, 2.75) is 42.4 Å². The Morgan fingerprint density at radius 2 is 2.12 bits per heavy atom. The Kier molecular flexibility index (Phi) is 6.82. The molecule has 1 aliphatic heterocycles. The molecule has 2 unspecified atom stereocenters. The maximum atomic E-state index is 12.9. The van der Waals surface area contributed by atoms with Crippen molar-refractivity contribution in [3.63, 3.8) is 0 Å². The number of hydroxylamine groups is 1. The van der Waals surface area contributed by atoms with Crippen LogP contribution < -0.4 is 10.2 Å². The maximum Gasteiger partial charge on any atom is 0.264 e. The average Bonchev–Trinajstić information content (AvgIpc) is 2.63. The summed E-state index contributed by atoms with van der Waals surface area (Å²) in [5, 5.41) is 7.45. The van der Waals surface area contributed by atoms with Gasteiger partial charge in [-0.1, -0.05) is 5.92 Å². The highest BCUT2D eigenvalue weighted by Gasteiger charge is 2.42. The molecule has 0 aliphatic carbocycles. The Morgan fingerprint density at radius 1 is 1.40 bits per heavy atom. The highest BCUT2D eigenvalue weighted by atomic mass is 32.2. The van der Waals surface area contributed by atoms with Gasteiger partial charge >= 0.3 is 0 Å². The number of carbonyl (C=O) groups is 1. The van der Waals surface area contributed by atoms with Crippen LogP contribution in [0.3, 0.4) is 0 Å². The molecule has 0 spiro atoms. The fourth-order valence-electron chi connectivity index (χ4n) is 2.64. The van der Waals surface area contributed by atoms with Crippen LogP contribution in [0.25, 0.3) is 0 Å². The second-order valence-electron chi connectivity index (χ2n) is 5.53. The largest absolute Gasteiger partial charge is 0.481 e. The number of sulfone groups is 1. The number of benzene rings is 1. The molecule has 1 aliphatic rings. The highest BCUT2D eigenvalue weighted by Crippen LogP contribution is 2.27. The van der Waals surface area contributed by atoms with Gasteiger partial charge in [0.15, 0.2) is 15.1 Å². The van der Waals surface area contributed by atoms with E-state index in [1.807, 2.05) is 0 Å². The average molecular weight is 367 g/mol. The van der Waals surface area contributed by atoms with E-state index in [4.69, 9.17) is 14.7 Å². The van der Waals surface area contributed by atoms with Crippen molar-refractivity contribution in [2.24, 2.45) is 0 Å². The molecule has 2 rings (SSSR count). The smallest absolute Gasteiger partial charge is 0.264 e. The van der Waals surface area contributed by atoms with Crippen LogP contribution in [0, 0.1) is 11.8 Å². The van der Waals surface area contributed by atoms with Gasteiger partial charge < -0.3 is 9.47 Å². The van der Waals surface area contributed by atoms with Crippen LogP contribution in [0.4, 0.5) is 0 Å². The lowest BCUT2D eigenvalue weighted by Gasteiger charge is -2.28. The third-order valence-electron chi connectivity index (χ3n) is 3.90. The molecule has 8 heteroatoms. The zero-order chi connectivity index (χ0) is 18.3. The monoisotopic (exact) mass is 367 g/mol. The summed E-state index contributed by atoms with van der Waals surface area (Å²) in [4.78, 5) is 12.0. The third-order valence-corrected chi connectivity index (χ3v) is 6.01. The molecule has 25 heavy (non-hydrogen) atoms. The Morgan fingerprint density at radius 3 is 2.68 bits per heavy atom. The summed E-state index contributed by atoms with van der Waals surface area (Å²) in [6, 6.07) is 5.73. The summed E-state index contributed by atoms with van der Waals surface area (Å²) in [5.74, 6) is 4.90. The van der Waals surface area contributed by atoms with Gasteiger partial charge in [-0.2, -0.15) is 0 Å². The van der Waals surface area contributed by atoms with E-state index in [0.717, 1.165) is 12.8 Å². The lowest BCUT2D eigenvalue weighted by molar-refractivity contribution is -0.132. The molecule has 136 valence electrons. The second kappa shape index (κ2) is 8.85. The van der Waals surface area contributed by atoms with E-state index in [2.05, 4.69) is 11.8 Å². The molecule has 2 N–H and O–H groups in total. The molecule has 0 bridgehead atoms. The number of hydrogen-bond donors (Lipinski definition) is 2. The summed E-state index contributed by atoms with van der Waals surface area (Å²) in [5.41, 5.74) is 1.45. The number of ether oxygens (including phenoxy) is 2. The van der Waals surface area contributed by atoms with E-state index in [9.17, 15) is 13.2 Å². The SMILES string of the molecule is CC#CCOc1ccc(S(=O)(=O)C(C(=O)NO)C2CCCCO2)cc1. The molecule has 1 heterocycles. The number of carbonyl (C=O) groups excluding carboxylic acids is 1. The molecule has 2 atom stereocenters. The van der Waals surface area contributed by atoms with E-state index in [0.29, 0.717) is 18.8 Å². The van der Waals surface area contributed by atoms with Crippen LogP contribution in [0.5, 0.6) is 5.75 Å². The minimum Gasteiger partial charge on any atom is -0.481 e. The van der Waals surface area contributed by atoms with Gasteiger partial charge in [-0.25, -0.2) is 13.9 Å². The van der Waals surface area contributed by atoms with E-state index >= 15 is 0 Å². The van der Waals surface area contributed by atoms with Crippen LogP contribution in [0.1, 0.15) is 26.2 Å². The van der Waals surface area contributed by atoms with Crippen molar-refractivity contribution in [3.8, 4) is 17.6 Å². The van der Waals surface area contributed by atoms with Crippen molar-refractivity contribution in [1.29, 1.82) is 0 Å². The fourth-order valence-corrected chi connectivity index (χ4v) is 4.40. The molecule has 1 aromatic carbocycles. The number of hydrogen-bond acceptors (Lipinski definition) is 6. The third kappa shape index (κ3) is 4.72. The summed E-state index contributed by atoms with van der Waals surface area (Å²) < 4.78 is 36.6. The zero-order valence-corrected chi connectivity index (χ0v) is 14.7. The summed E-state index contributed by atoms with van der Waals surface area (Å²) in [6.07, 6.45) is 1.23. The Balaban J connectivity index is 2.25. The molecule has 7 nitrogen and oxygen atoms in total. The van der Waals surface area contributed by atoms with E-state index in [-0.39, 0.29) is 11.5 Å². The van der Waals surface area contributed by atoms with Gasteiger partial charge in [-0.15, -0.1) is 5.92 Å². The van der Waals surface area contributed by atoms with Crippen LogP contribution in [0.15, 0.2) is 29.2 Å². The summed E-state index contributed by atoms with van der Waals surface area (Å²) in [7, 11) is -4.03. The first-order valence-electron chi connectivity index (χ1n) is 7.92. The van der Waals surface area contributed by atoms with Crippen LogP contribution >= 0.6 is 0 Å². The number of nitrogens with one attached hydrogen (secondary N) is 1. The highest BCUT2D eigenvalue weighted by molar-refractivity contribution is 7.92. The molecule has 1 saturated heterocycles. The lowest BCUT2D eigenvalue weighted by atomic mass is 10.1. The molecule has 1 fully saturated rings. The minimum atomic E-state index is -4.03. The van der Waals surface area contributed by atoms with Crippen molar-refractivity contribution in [3.05, 3.63) is 24.3 Å². The van der Waals surface area contributed by atoms with Crippen molar-refractivity contribution in [1.82, 2.24) is 5.48 Å². The van der Waals surface area contributed by atoms with Crippen LogP contribution in [-0.4, -0.2) is 44.1 Å². The maximum absolute atomic E-state index is 12.9. The molecular formula is C17H21NO6S. The topological polar surface area (TPSA) is 102 Å². The molecule has 1 aromatic rings. The first kappa shape index (κ1) is 19.2. The lowest BCUT2D eigenvalue weighted by Crippen LogP contribution is -2.48. The van der Waals surface area contributed by atoms with E-state index < -0.39 is 27.1 Å². The van der Waals surface area contributed by atoms with Gasteiger partial charge in [-0.05, 0) is 50.5 Å². The zero-order valence-electron chi connectivity index (χ0n) is 13.9. The summed E-state index contributed by atoms with van der Waals surface area (Å²) >= 11 is 0. The Bertz CT molecular complexity index is 742. The first-order chi connectivity index (χ1) is 12.0. The normalized spacial score (nSPS) is 18.6. The van der Waals surface area contributed by atoms with Gasteiger partial charge in [0.05, 0.1) is 11.0 Å². The van der Waals surface area contributed by atoms with Gasteiger partial charge in [0.1, 0.15) is 12.4 Å². The quantitative estimate of drug-likeness (QED) is 0.446. The minimum absolute atomic E-state index is 0.0378. The van der Waals surface area contributed by atoms with E-state index in [1.54, 1.807) is 6.92 Å². The van der Waals surface area contributed by atoms with Gasteiger partial charge in [-0.3, -0.25) is 10.0 Å². The van der Waals surface area contributed by atoms with Crippen molar-refractivity contribution in [2.75, 3.05) is 13.2 Å². The molecule has 0 radical (unpaired) electrons. The van der Waals surface area contributed by atoms with Crippen LogP contribution in [0.2, 0.25) is 0 Å². The fraction of sp³-hybridized carbons (Fsp3) is 0.471. The molecular weight excluding hydrogens is 346 g/mol. The predicted molar refractivity (Wildman–Crippen MR) is 89.9 cm³/mol. The number of amides is 1.